The van der Waals surface area contributed by atoms with Crippen molar-refractivity contribution in [1.82, 2.24) is 0 Å². The van der Waals surface area contributed by atoms with E-state index in [1.807, 2.05) is 13.8 Å². The van der Waals surface area contributed by atoms with Gasteiger partial charge in [-0.3, -0.25) is 14.9 Å². The molecule has 104 valence electrons. The number of carboxylic acid groups (broad SMARTS) is 1. The fourth-order valence-corrected chi connectivity index (χ4v) is 2.03. The minimum absolute atomic E-state index is 0.0449. The van der Waals surface area contributed by atoms with E-state index >= 15 is 0 Å². The highest BCUT2D eigenvalue weighted by atomic mass is 35.5. The van der Waals surface area contributed by atoms with Crippen molar-refractivity contribution in [2.24, 2.45) is 0 Å². The largest absolute Gasteiger partial charge is 0.481 e. The van der Waals surface area contributed by atoms with Crippen molar-refractivity contribution in [3.05, 3.63) is 33.3 Å². The molecule has 7 heteroatoms. The van der Waals surface area contributed by atoms with Gasteiger partial charge in [-0.15, -0.1) is 0 Å². The van der Waals surface area contributed by atoms with E-state index in [1.54, 1.807) is 17.0 Å². The molecule has 0 spiro atoms. The number of aliphatic carboxylic acids is 1. The van der Waals surface area contributed by atoms with Crippen molar-refractivity contribution in [2.45, 2.75) is 26.3 Å². The molecule has 0 saturated carbocycles. The number of nitro groups is 1. The maximum atomic E-state index is 11.1. The lowest BCUT2D eigenvalue weighted by molar-refractivity contribution is -0.384. The van der Waals surface area contributed by atoms with Crippen LogP contribution in [0, 0.1) is 10.1 Å². The molecule has 0 amide bonds. The summed E-state index contributed by atoms with van der Waals surface area (Å²) in [6.07, 6.45) is -0.0954. The zero-order valence-electron chi connectivity index (χ0n) is 10.7. The van der Waals surface area contributed by atoms with Gasteiger partial charge in [0.15, 0.2) is 0 Å². The van der Waals surface area contributed by atoms with Gasteiger partial charge in [-0.2, -0.15) is 0 Å². The van der Waals surface area contributed by atoms with Crippen LogP contribution in [0.4, 0.5) is 11.4 Å². The minimum atomic E-state index is -0.949. The summed E-state index contributed by atoms with van der Waals surface area (Å²) in [5.74, 6) is -0.949. The molecule has 19 heavy (non-hydrogen) atoms. The molecule has 0 heterocycles. The number of rotatable bonds is 6. The Labute approximate surface area is 115 Å². The van der Waals surface area contributed by atoms with E-state index in [0.29, 0.717) is 5.69 Å². The first-order valence-electron chi connectivity index (χ1n) is 5.76. The molecule has 0 fully saturated rings. The van der Waals surface area contributed by atoms with Crippen molar-refractivity contribution < 1.29 is 14.8 Å². The number of hydrogen-bond acceptors (Lipinski definition) is 4. The van der Waals surface area contributed by atoms with E-state index < -0.39 is 10.9 Å². The van der Waals surface area contributed by atoms with Crippen LogP contribution in [0.1, 0.15) is 20.3 Å². The molecule has 0 unspecified atom stereocenters. The Morgan fingerprint density at radius 3 is 2.63 bits per heavy atom. The van der Waals surface area contributed by atoms with Crippen LogP contribution < -0.4 is 4.90 Å². The third-order valence-corrected chi connectivity index (χ3v) is 2.95. The van der Waals surface area contributed by atoms with Crippen LogP contribution in [-0.4, -0.2) is 28.6 Å². The van der Waals surface area contributed by atoms with Gasteiger partial charge in [0, 0.05) is 12.6 Å². The Hall–Kier alpha value is -1.82. The highest BCUT2D eigenvalue weighted by molar-refractivity contribution is 6.33. The highest BCUT2D eigenvalue weighted by Gasteiger charge is 2.24. The zero-order valence-corrected chi connectivity index (χ0v) is 11.4. The van der Waals surface area contributed by atoms with Gasteiger partial charge in [0.05, 0.1) is 11.3 Å². The topological polar surface area (TPSA) is 83.7 Å². The van der Waals surface area contributed by atoms with Gasteiger partial charge >= 0.3 is 11.7 Å². The molecule has 1 aromatic rings. The lowest BCUT2D eigenvalue weighted by atomic mass is 10.2. The summed E-state index contributed by atoms with van der Waals surface area (Å²) in [5.41, 5.74) is 0.150. The predicted molar refractivity (Wildman–Crippen MR) is 72.8 cm³/mol. The van der Waals surface area contributed by atoms with Crippen molar-refractivity contribution in [3.63, 3.8) is 0 Å². The van der Waals surface area contributed by atoms with Gasteiger partial charge in [0.25, 0.3) is 0 Å². The normalized spacial score (nSPS) is 10.5. The first-order chi connectivity index (χ1) is 8.84. The molecule has 0 atom stereocenters. The molecule has 1 aromatic carbocycles. The molecular weight excluding hydrogens is 272 g/mol. The molecule has 0 radical (unpaired) electrons. The lowest BCUT2D eigenvalue weighted by Crippen LogP contribution is -2.33. The predicted octanol–water partition coefficient (Wildman–Crippen LogP) is 2.94. The van der Waals surface area contributed by atoms with Gasteiger partial charge in [-0.25, -0.2) is 0 Å². The molecular formula is C12H15ClN2O4. The summed E-state index contributed by atoms with van der Waals surface area (Å²) < 4.78 is 0. The van der Waals surface area contributed by atoms with Crippen LogP contribution in [0.15, 0.2) is 18.2 Å². The number of nitro benzene ring substituents is 1. The van der Waals surface area contributed by atoms with E-state index in [0.717, 1.165) is 0 Å². The second-order valence-corrected chi connectivity index (χ2v) is 4.70. The summed E-state index contributed by atoms with van der Waals surface area (Å²) >= 11 is 5.85. The second-order valence-electron chi connectivity index (χ2n) is 4.30. The van der Waals surface area contributed by atoms with Gasteiger partial charge in [-0.05, 0) is 26.0 Å². The molecule has 6 nitrogen and oxygen atoms in total. The van der Waals surface area contributed by atoms with Crippen LogP contribution in [0.5, 0.6) is 0 Å². The SMILES string of the molecule is CC(C)N(CCC(=O)O)c1cccc(Cl)c1[N+](=O)[O-]. The summed E-state index contributed by atoms with van der Waals surface area (Å²) in [6, 6.07) is 4.56. The van der Waals surface area contributed by atoms with E-state index in [2.05, 4.69) is 0 Å². The maximum absolute atomic E-state index is 11.1. The summed E-state index contributed by atoms with van der Waals surface area (Å²) in [6.45, 7) is 3.87. The van der Waals surface area contributed by atoms with Gasteiger partial charge < -0.3 is 10.0 Å². The molecule has 0 aromatic heterocycles. The van der Waals surface area contributed by atoms with Crippen LogP contribution >= 0.6 is 11.6 Å². The average Bonchev–Trinajstić information content (AvgIpc) is 2.27. The molecule has 0 aliphatic rings. The van der Waals surface area contributed by atoms with Crippen molar-refractivity contribution in [2.75, 3.05) is 11.4 Å². The first-order valence-corrected chi connectivity index (χ1v) is 6.13. The first kappa shape index (κ1) is 15.2. The number of halogens is 1. The number of carbonyl (C=O) groups is 1. The highest BCUT2D eigenvalue weighted by Crippen LogP contribution is 2.35. The van der Waals surface area contributed by atoms with E-state index in [-0.39, 0.29) is 29.7 Å². The Morgan fingerprint density at radius 1 is 1.53 bits per heavy atom. The number of para-hydroxylation sites is 1. The number of carboxylic acids is 1. The van der Waals surface area contributed by atoms with Crippen LogP contribution in [0.3, 0.4) is 0 Å². The molecule has 0 saturated heterocycles. The Bertz CT molecular complexity index is 491. The Morgan fingerprint density at radius 2 is 2.16 bits per heavy atom. The number of anilines is 1. The lowest BCUT2D eigenvalue weighted by Gasteiger charge is -2.28. The fraction of sp³-hybridized carbons (Fsp3) is 0.417. The van der Waals surface area contributed by atoms with E-state index in [1.165, 1.54) is 6.07 Å². The number of hydrogen-bond donors (Lipinski definition) is 1. The van der Waals surface area contributed by atoms with Gasteiger partial charge in [0.2, 0.25) is 0 Å². The zero-order chi connectivity index (χ0) is 14.6. The maximum Gasteiger partial charge on any atom is 0.310 e. The average molecular weight is 287 g/mol. The van der Waals surface area contributed by atoms with Crippen molar-refractivity contribution in [3.8, 4) is 0 Å². The monoisotopic (exact) mass is 286 g/mol. The van der Waals surface area contributed by atoms with Crippen molar-refractivity contribution in [1.29, 1.82) is 0 Å². The van der Waals surface area contributed by atoms with E-state index in [9.17, 15) is 14.9 Å². The quantitative estimate of drug-likeness (QED) is 0.642. The van der Waals surface area contributed by atoms with Gasteiger partial charge in [-0.1, -0.05) is 17.7 Å². The standard InChI is InChI=1S/C12H15ClN2O4/c1-8(2)14(7-6-11(16)17)10-5-3-4-9(13)12(10)15(18)19/h3-5,8H,6-7H2,1-2H3,(H,16,17). The fourth-order valence-electron chi connectivity index (χ4n) is 1.79. The van der Waals surface area contributed by atoms with Crippen LogP contribution in [0.25, 0.3) is 0 Å². The van der Waals surface area contributed by atoms with Crippen LogP contribution in [-0.2, 0) is 4.79 Å². The minimum Gasteiger partial charge on any atom is -0.481 e. The van der Waals surface area contributed by atoms with Crippen molar-refractivity contribution >= 4 is 28.9 Å². The summed E-state index contributed by atoms with van der Waals surface area (Å²) in [7, 11) is 0. The number of nitrogens with zero attached hydrogens (tertiary/aromatic N) is 2. The molecule has 0 aliphatic heterocycles. The van der Waals surface area contributed by atoms with Crippen LogP contribution in [0.2, 0.25) is 5.02 Å². The van der Waals surface area contributed by atoms with E-state index in [4.69, 9.17) is 16.7 Å². The summed E-state index contributed by atoms with van der Waals surface area (Å²) in [4.78, 5) is 22.9. The second kappa shape index (κ2) is 6.38. The van der Waals surface area contributed by atoms with Gasteiger partial charge in [0.1, 0.15) is 10.7 Å². The summed E-state index contributed by atoms with van der Waals surface area (Å²) in [5, 5.41) is 19.9. The molecule has 0 bridgehead atoms. The third kappa shape index (κ3) is 3.82. The molecule has 1 rings (SSSR count). The number of benzene rings is 1. The third-order valence-electron chi connectivity index (χ3n) is 2.65. The Balaban J connectivity index is 3.19. The molecule has 1 N–H and O–H groups in total. The smallest absolute Gasteiger partial charge is 0.310 e. The molecule has 0 aliphatic carbocycles. The Kier molecular flexibility index (Phi) is 5.11.